The first-order chi connectivity index (χ1) is 7.76. The van der Waals surface area contributed by atoms with Crippen molar-refractivity contribution in [1.82, 2.24) is 4.90 Å². The van der Waals surface area contributed by atoms with Crippen LogP contribution in [-0.4, -0.2) is 24.5 Å². The van der Waals surface area contributed by atoms with E-state index in [0.29, 0.717) is 0 Å². The van der Waals surface area contributed by atoms with Gasteiger partial charge in [-0.1, -0.05) is 13.0 Å². The van der Waals surface area contributed by atoms with Gasteiger partial charge in [-0.25, -0.2) is 0 Å². The Balaban J connectivity index is 2.36. The topological polar surface area (TPSA) is 15.3 Å². The lowest BCUT2D eigenvalue weighted by atomic mass is 9.93. The molecular weight excluding hydrogens is 196 g/mol. The van der Waals surface area contributed by atoms with Crippen LogP contribution in [0.25, 0.3) is 0 Å². The molecule has 1 aliphatic rings. The molecule has 1 N–H and O–H groups in total. The average Bonchev–Trinajstić information content (AvgIpc) is 2.32. The van der Waals surface area contributed by atoms with Crippen molar-refractivity contribution in [3.8, 4) is 0 Å². The second kappa shape index (κ2) is 4.88. The lowest BCUT2D eigenvalue weighted by Gasteiger charge is -2.30. The van der Waals surface area contributed by atoms with Gasteiger partial charge >= 0.3 is 0 Å². The van der Waals surface area contributed by atoms with Gasteiger partial charge in [0.2, 0.25) is 0 Å². The van der Waals surface area contributed by atoms with Crippen molar-refractivity contribution in [1.29, 1.82) is 0 Å². The van der Waals surface area contributed by atoms with E-state index in [1.165, 1.54) is 29.8 Å². The average molecular weight is 218 g/mol. The van der Waals surface area contributed by atoms with E-state index in [-0.39, 0.29) is 0 Å². The highest BCUT2D eigenvalue weighted by molar-refractivity contribution is 5.57. The Hall–Kier alpha value is -1.02. The van der Waals surface area contributed by atoms with Crippen molar-refractivity contribution in [2.24, 2.45) is 0 Å². The van der Waals surface area contributed by atoms with Gasteiger partial charge in [-0.2, -0.15) is 0 Å². The summed E-state index contributed by atoms with van der Waals surface area (Å²) in [5.41, 5.74) is 5.88. The third-order valence-corrected chi connectivity index (χ3v) is 3.54. The fourth-order valence-corrected chi connectivity index (χ4v) is 2.54. The molecule has 0 spiro atoms. The monoisotopic (exact) mass is 218 g/mol. The molecule has 1 heterocycles. The van der Waals surface area contributed by atoms with Gasteiger partial charge in [0.15, 0.2) is 0 Å². The van der Waals surface area contributed by atoms with Gasteiger partial charge < -0.3 is 5.32 Å². The van der Waals surface area contributed by atoms with Crippen molar-refractivity contribution < 1.29 is 0 Å². The Bertz CT molecular complexity index is 371. The van der Waals surface area contributed by atoms with E-state index in [1.54, 1.807) is 5.56 Å². The number of nitrogens with zero attached hydrogens (tertiary/aromatic N) is 1. The third kappa shape index (κ3) is 2.07. The highest BCUT2D eigenvalue weighted by atomic mass is 15.1. The normalized spacial score (nSPS) is 15.9. The van der Waals surface area contributed by atoms with Crippen molar-refractivity contribution >= 4 is 5.69 Å². The lowest BCUT2D eigenvalue weighted by Crippen LogP contribution is -2.31. The zero-order valence-electron chi connectivity index (χ0n) is 10.6. The Kier molecular flexibility index (Phi) is 3.49. The first-order valence-electron chi connectivity index (χ1n) is 6.33. The first-order valence-corrected chi connectivity index (χ1v) is 6.33. The molecule has 1 aliphatic heterocycles. The van der Waals surface area contributed by atoms with Crippen LogP contribution in [0.1, 0.15) is 30.5 Å². The summed E-state index contributed by atoms with van der Waals surface area (Å²) in [5.74, 6) is 0. The maximum absolute atomic E-state index is 3.48. The first kappa shape index (κ1) is 11.5. The molecular formula is C14H22N2. The molecule has 1 aromatic carbocycles. The molecule has 16 heavy (non-hydrogen) atoms. The number of aryl methyl sites for hydroxylation is 1. The van der Waals surface area contributed by atoms with Gasteiger partial charge in [0.25, 0.3) is 0 Å². The van der Waals surface area contributed by atoms with E-state index in [1.807, 2.05) is 0 Å². The smallest absolute Gasteiger partial charge is 0.0388 e. The molecule has 2 nitrogen and oxygen atoms in total. The summed E-state index contributed by atoms with van der Waals surface area (Å²) in [6.45, 7) is 11.1. The van der Waals surface area contributed by atoms with Crippen LogP contribution in [0.2, 0.25) is 0 Å². The van der Waals surface area contributed by atoms with Gasteiger partial charge in [-0.15, -0.1) is 0 Å². The molecule has 2 rings (SSSR count). The molecule has 0 saturated heterocycles. The van der Waals surface area contributed by atoms with Gasteiger partial charge in [0, 0.05) is 25.3 Å². The molecule has 0 aliphatic carbocycles. The molecule has 88 valence electrons. The third-order valence-electron chi connectivity index (χ3n) is 3.54. The summed E-state index contributed by atoms with van der Waals surface area (Å²) >= 11 is 0. The van der Waals surface area contributed by atoms with Crippen LogP contribution >= 0.6 is 0 Å². The molecule has 0 unspecified atom stereocenters. The van der Waals surface area contributed by atoms with Gasteiger partial charge in [0.1, 0.15) is 0 Å². The van der Waals surface area contributed by atoms with Crippen LogP contribution in [0.4, 0.5) is 5.69 Å². The lowest BCUT2D eigenvalue weighted by molar-refractivity contribution is 0.268. The Morgan fingerprint density at radius 2 is 2.06 bits per heavy atom. The summed E-state index contributed by atoms with van der Waals surface area (Å²) < 4.78 is 0. The minimum Gasteiger partial charge on any atom is -0.385 e. The maximum atomic E-state index is 3.48. The molecule has 0 saturated carbocycles. The molecule has 0 atom stereocenters. The number of benzene rings is 1. The second-order valence-electron chi connectivity index (χ2n) is 4.54. The Morgan fingerprint density at radius 3 is 2.75 bits per heavy atom. The summed E-state index contributed by atoms with van der Waals surface area (Å²) in [4.78, 5) is 2.52. The number of anilines is 1. The zero-order chi connectivity index (χ0) is 11.5. The van der Waals surface area contributed by atoms with Gasteiger partial charge in [-0.3, -0.25) is 4.90 Å². The summed E-state index contributed by atoms with van der Waals surface area (Å²) in [6.07, 6.45) is 1.20. The van der Waals surface area contributed by atoms with Crippen LogP contribution in [0.3, 0.4) is 0 Å². The van der Waals surface area contributed by atoms with Crippen LogP contribution in [0, 0.1) is 6.92 Å². The van der Waals surface area contributed by atoms with Gasteiger partial charge in [-0.05, 0) is 49.6 Å². The van der Waals surface area contributed by atoms with Crippen molar-refractivity contribution in [2.45, 2.75) is 33.7 Å². The fraction of sp³-hybridized carbons (Fsp3) is 0.571. The van der Waals surface area contributed by atoms with E-state index in [2.05, 4.69) is 43.1 Å². The molecule has 1 aromatic rings. The molecule has 0 radical (unpaired) electrons. The number of hydrogen-bond acceptors (Lipinski definition) is 2. The quantitative estimate of drug-likeness (QED) is 0.839. The molecule has 0 amide bonds. The van der Waals surface area contributed by atoms with E-state index >= 15 is 0 Å². The number of likely N-dealkylation sites (N-methyl/N-ethyl adjacent to an activating group) is 1. The predicted molar refractivity (Wildman–Crippen MR) is 70.0 cm³/mol. The molecule has 0 fully saturated rings. The number of rotatable bonds is 3. The van der Waals surface area contributed by atoms with E-state index < -0.39 is 0 Å². The fourth-order valence-electron chi connectivity index (χ4n) is 2.54. The SMILES string of the molecule is CCNc1ccc(C)c2c1CN(CC)CC2. The highest BCUT2D eigenvalue weighted by Gasteiger charge is 2.19. The molecule has 0 aromatic heterocycles. The number of hydrogen-bond donors (Lipinski definition) is 1. The Morgan fingerprint density at radius 1 is 1.25 bits per heavy atom. The van der Waals surface area contributed by atoms with Crippen molar-refractivity contribution in [3.63, 3.8) is 0 Å². The van der Waals surface area contributed by atoms with Crippen LogP contribution < -0.4 is 5.32 Å². The number of nitrogens with one attached hydrogen (secondary N) is 1. The zero-order valence-corrected chi connectivity index (χ0v) is 10.6. The minimum atomic E-state index is 1.00. The van der Waals surface area contributed by atoms with E-state index in [0.717, 1.165) is 19.6 Å². The van der Waals surface area contributed by atoms with Gasteiger partial charge in [0.05, 0.1) is 0 Å². The van der Waals surface area contributed by atoms with E-state index in [9.17, 15) is 0 Å². The number of fused-ring (bicyclic) bond motifs is 1. The second-order valence-corrected chi connectivity index (χ2v) is 4.54. The predicted octanol–water partition coefficient (Wildman–Crippen LogP) is 2.80. The standard InChI is InChI=1S/C14H22N2/c1-4-15-14-7-6-11(3)12-8-9-16(5-2)10-13(12)14/h6-7,15H,4-5,8-10H2,1-3H3. The van der Waals surface area contributed by atoms with Crippen LogP contribution in [0.15, 0.2) is 12.1 Å². The van der Waals surface area contributed by atoms with Crippen molar-refractivity contribution in [3.05, 3.63) is 28.8 Å². The highest BCUT2D eigenvalue weighted by Crippen LogP contribution is 2.28. The van der Waals surface area contributed by atoms with Crippen LogP contribution in [0.5, 0.6) is 0 Å². The largest absolute Gasteiger partial charge is 0.385 e. The summed E-state index contributed by atoms with van der Waals surface area (Å²) in [5, 5.41) is 3.48. The minimum absolute atomic E-state index is 1.00. The van der Waals surface area contributed by atoms with Crippen molar-refractivity contribution in [2.75, 3.05) is 25.0 Å². The summed E-state index contributed by atoms with van der Waals surface area (Å²) in [6, 6.07) is 4.48. The molecule has 0 bridgehead atoms. The Labute approximate surface area is 98.7 Å². The van der Waals surface area contributed by atoms with E-state index in [4.69, 9.17) is 0 Å². The summed E-state index contributed by atoms with van der Waals surface area (Å²) in [7, 11) is 0. The maximum Gasteiger partial charge on any atom is 0.0388 e. The van der Waals surface area contributed by atoms with Crippen LogP contribution in [-0.2, 0) is 13.0 Å². The molecule has 2 heteroatoms.